The summed E-state index contributed by atoms with van der Waals surface area (Å²) in [6.45, 7) is 9.53. The summed E-state index contributed by atoms with van der Waals surface area (Å²) in [7, 11) is 1.65. The minimum atomic E-state index is -0.0964. The third kappa shape index (κ3) is 3.63. The molecule has 0 fully saturated rings. The zero-order valence-corrected chi connectivity index (χ0v) is 13.9. The van der Waals surface area contributed by atoms with Crippen LogP contribution >= 0.6 is 11.8 Å². The summed E-state index contributed by atoms with van der Waals surface area (Å²) in [6.07, 6.45) is 0. The van der Waals surface area contributed by atoms with Crippen LogP contribution in [-0.2, 0) is 10.5 Å². The fourth-order valence-electron chi connectivity index (χ4n) is 2.48. The number of hydrogen-bond donors (Lipinski definition) is 1. The Hall–Kier alpha value is -1.29. The molecule has 1 aromatic rings. The summed E-state index contributed by atoms with van der Waals surface area (Å²) < 4.78 is 0. The molecule has 1 rings (SSSR count). The molecule has 3 nitrogen and oxygen atoms in total. The van der Waals surface area contributed by atoms with Gasteiger partial charge in [-0.05, 0) is 56.9 Å². The maximum Gasteiger partial charge on any atom is 0.232 e. The molecule has 0 heterocycles. The van der Waals surface area contributed by atoms with E-state index < -0.39 is 0 Å². The van der Waals surface area contributed by atoms with Crippen LogP contribution < -0.4 is 5.32 Å². The van der Waals surface area contributed by atoms with Gasteiger partial charge in [0, 0.05) is 18.4 Å². The molecule has 0 aliphatic carbocycles. The Morgan fingerprint density at radius 1 is 1.25 bits per heavy atom. The van der Waals surface area contributed by atoms with Crippen LogP contribution in [0.2, 0.25) is 0 Å². The Morgan fingerprint density at radius 3 is 2.35 bits per heavy atom. The van der Waals surface area contributed by atoms with E-state index in [2.05, 4.69) is 18.3 Å². The third-order valence-electron chi connectivity index (χ3n) is 3.58. The van der Waals surface area contributed by atoms with Gasteiger partial charge in [0.2, 0.25) is 5.91 Å². The van der Waals surface area contributed by atoms with E-state index in [1.54, 1.807) is 25.7 Å². The molecule has 1 aromatic carbocycles. The zero-order chi connectivity index (χ0) is 15.4. The Balaban J connectivity index is 3.04. The van der Waals surface area contributed by atoms with Gasteiger partial charge in [-0.25, -0.2) is 0 Å². The Morgan fingerprint density at radius 2 is 1.85 bits per heavy atom. The molecule has 4 heteroatoms. The molecular formula is C16H23NO2S. The van der Waals surface area contributed by atoms with Gasteiger partial charge in [-0.2, -0.15) is 0 Å². The quantitative estimate of drug-likeness (QED) is 0.848. The minimum absolute atomic E-state index is 0.0317. The van der Waals surface area contributed by atoms with Crippen molar-refractivity contribution in [1.82, 2.24) is 5.32 Å². The predicted molar refractivity (Wildman–Crippen MR) is 85.5 cm³/mol. The van der Waals surface area contributed by atoms with Gasteiger partial charge in [0.15, 0.2) is 5.78 Å². The van der Waals surface area contributed by atoms with Crippen LogP contribution in [-0.4, -0.2) is 24.0 Å². The number of hydrogen-bond acceptors (Lipinski definition) is 3. The van der Waals surface area contributed by atoms with Crippen molar-refractivity contribution in [1.29, 1.82) is 0 Å². The lowest BCUT2D eigenvalue weighted by atomic mass is 9.92. The number of aryl methyl sites for hydroxylation is 2. The minimum Gasteiger partial charge on any atom is -0.358 e. The van der Waals surface area contributed by atoms with Gasteiger partial charge in [-0.3, -0.25) is 9.59 Å². The van der Waals surface area contributed by atoms with Gasteiger partial charge in [-0.15, -0.1) is 11.8 Å². The standard InChI is InChI=1S/C16H23NO2S/c1-9-7-10(2)15(12(4)18)11(3)14(9)8-20-13(5)16(19)17-6/h7,13H,8H2,1-6H3,(H,17,19)/t13-/m1/s1. The normalized spacial score (nSPS) is 12.1. The Kier molecular flexibility index (Phi) is 5.81. The largest absolute Gasteiger partial charge is 0.358 e. The van der Waals surface area contributed by atoms with E-state index in [0.717, 1.165) is 22.4 Å². The Labute approximate surface area is 125 Å². The SMILES string of the molecule is CNC(=O)[C@@H](C)SCc1c(C)cc(C)c(C(C)=O)c1C. The molecule has 1 amide bonds. The van der Waals surface area contributed by atoms with E-state index in [1.165, 1.54) is 11.1 Å². The van der Waals surface area contributed by atoms with Gasteiger partial charge in [0.25, 0.3) is 0 Å². The van der Waals surface area contributed by atoms with Crippen LogP contribution in [0.5, 0.6) is 0 Å². The molecule has 0 radical (unpaired) electrons. The van der Waals surface area contributed by atoms with Crippen molar-refractivity contribution in [3.63, 3.8) is 0 Å². The van der Waals surface area contributed by atoms with E-state index in [0.29, 0.717) is 0 Å². The zero-order valence-electron chi connectivity index (χ0n) is 13.1. The van der Waals surface area contributed by atoms with Crippen molar-refractivity contribution in [2.24, 2.45) is 0 Å². The second-order valence-electron chi connectivity index (χ2n) is 5.11. The molecule has 1 atom stereocenters. The van der Waals surface area contributed by atoms with Crippen LogP contribution in [0.15, 0.2) is 6.07 Å². The molecule has 20 heavy (non-hydrogen) atoms. The molecule has 0 aromatic heterocycles. The summed E-state index contributed by atoms with van der Waals surface area (Å²) in [4.78, 5) is 23.3. The number of nitrogens with one attached hydrogen (secondary N) is 1. The van der Waals surface area contributed by atoms with Gasteiger partial charge in [0.1, 0.15) is 0 Å². The summed E-state index contributed by atoms with van der Waals surface area (Å²) in [6, 6.07) is 2.06. The first-order chi connectivity index (χ1) is 9.29. The number of amides is 1. The first kappa shape index (κ1) is 16.8. The topological polar surface area (TPSA) is 46.2 Å². The number of ketones is 1. The van der Waals surface area contributed by atoms with Gasteiger partial charge < -0.3 is 5.32 Å². The third-order valence-corrected chi connectivity index (χ3v) is 4.75. The average molecular weight is 293 g/mol. The van der Waals surface area contributed by atoms with Crippen molar-refractivity contribution >= 4 is 23.5 Å². The average Bonchev–Trinajstić information content (AvgIpc) is 2.36. The molecule has 0 spiro atoms. The summed E-state index contributed by atoms with van der Waals surface area (Å²) in [5.41, 5.74) is 5.24. The van der Waals surface area contributed by atoms with E-state index in [4.69, 9.17) is 0 Å². The number of thioether (sulfide) groups is 1. The van der Waals surface area contributed by atoms with Gasteiger partial charge >= 0.3 is 0 Å². The van der Waals surface area contributed by atoms with E-state index >= 15 is 0 Å². The molecule has 0 unspecified atom stereocenters. The maximum absolute atomic E-state index is 11.8. The highest BCUT2D eigenvalue weighted by molar-refractivity contribution is 7.99. The van der Waals surface area contributed by atoms with Crippen molar-refractivity contribution in [3.8, 4) is 0 Å². The Bertz CT molecular complexity index is 538. The number of benzene rings is 1. The van der Waals surface area contributed by atoms with Crippen molar-refractivity contribution < 1.29 is 9.59 Å². The van der Waals surface area contributed by atoms with Crippen molar-refractivity contribution in [3.05, 3.63) is 33.9 Å². The number of Topliss-reactive ketones (excluding diaryl/α,β-unsaturated/α-hetero) is 1. The van der Waals surface area contributed by atoms with Crippen LogP contribution in [0.4, 0.5) is 0 Å². The number of rotatable bonds is 5. The van der Waals surface area contributed by atoms with E-state index in [9.17, 15) is 9.59 Å². The summed E-state index contributed by atoms with van der Waals surface area (Å²) in [5.74, 6) is 0.877. The van der Waals surface area contributed by atoms with Crippen molar-refractivity contribution in [2.75, 3.05) is 7.05 Å². The smallest absolute Gasteiger partial charge is 0.232 e. The number of carbonyl (C=O) groups excluding carboxylic acids is 2. The van der Waals surface area contributed by atoms with E-state index in [1.807, 2.05) is 20.8 Å². The molecule has 0 saturated carbocycles. The highest BCUT2D eigenvalue weighted by atomic mass is 32.2. The maximum atomic E-state index is 11.8. The molecule has 1 N–H and O–H groups in total. The molecule has 0 aliphatic rings. The lowest BCUT2D eigenvalue weighted by Crippen LogP contribution is -2.27. The highest BCUT2D eigenvalue weighted by Crippen LogP contribution is 2.28. The van der Waals surface area contributed by atoms with Crippen LogP contribution in [0.25, 0.3) is 0 Å². The highest BCUT2D eigenvalue weighted by Gasteiger charge is 2.17. The fraction of sp³-hybridized carbons (Fsp3) is 0.500. The van der Waals surface area contributed by atoms with E-state index in [-0.39, 0.29) is 16.9 Å². The first-order valence-corrected chi connectivity index (χ1v) is 7.78. The molecule has 0 saturated heterocycles. The molecule has 0 aliphatic heterocycles. The lowest BCUT2D eigenvalue weighted by Gasteiger charge is -2.17. The lowest BCUT2D eigenvalue weighted by molar-refractivity contribution is -0.119. The monoisotopic (exact) mass is 293 g/mol. The van der Waals surface area contributed by atoms with Gasteiger partial charge in [0.05, 0.1) is 5.25 Å². The summed E-state index contributed by atoms with van der Waals surface area (Å²) in [5, 5.41) is 2.56. The second kappa shape index (κ2) is 6.93. The fourth-order valence-corrected chi connectivity index (χ4v) is 3.61. The second-order valence-corrected chi connectivity index (χ2v) is 6.44. The molecule has 110 valence electrons. The predicted octanol–water partition coefficient (Wildman–Crippen LogP) is 3.18. The summed E-state index contributed by atoms with van der Waals surface area (Å²) >= 11 is 1.59. The van der Waals surface area contributed by atoms with Crippen molar-refractivity contribution in [2.45, 2.75) is 45.6 Å². The molecular weight excluding hydrogens is 270 g/mol. The first-order valence-electron chi connectivity index (χ1n) is 6.73. The molecule has 0 bridgehead atoms. The van der Waals surface area contributed by atoms with Crippen LogP contribution in [0, 0.1) is 20.8 Å². The van der Waals surface area contributed by atoms with Crippen LogP contribution in [0.3, 0.4) is 0 Å². The van der Waals surface area contributed by atoms with Crippen LogP contribution in [0.1, 0.15) is 46.5 Å². The number of carbonyl (C=O) groups is 2. The van der Waals surface area contributed by atoms with Gasteiger partial charge in [-0.1, -0.05) is 6.07 Å².